The third-order valence-electron chi connectivity index (χ3n) is 3.77. The maximum absolute atomic E-state index is 6.18. The summed E-state index contributed by atoms with van der Waals surface area (Å²) < 4.78 is 6.18. The molecule has 0 heterocycles. The van der Waals surface area contributed by atoms with Crippen LogP contribution in [0.25, 0.3) is 0 Å². The topological polar surface area (TPSA) is 35.2 Å². The molecule has 1 aliphatic carbocycles. The SMILES string of the molecule is CC(N)Cc1ccccc1OC1CCC(C)CC1. The standard InChI is InChI=1S/C16H25NO/c1-12-7-9-15(10-8-12)18-16-6-4-3-5-14(16)11-13(2)17/h3-6,12-13,15H,7-11,17H2,1-2H3. The first kappa shape index (κ1) is 13.4. The highest BCUT2D eigenvalue weighted by atomic mass is 16.5. The molecule has 0 amide bonds. The van der Waals surface area contributed by atoms with Crippen molar-refractivity contribution in [3.63, 3.8) is 0 Å². The van der Waals surface area contributed by atoms with E-state index in [2.05, 4.69) is 25.1 Å². The predicted molar refractivity (Wildman–Crippen MR) is 75.8 cm³/mol. The van der Waals surface area contributed by atoms with E-state index in [1.807, 2.05) is 13.0 Å². The zero-order valence-corrected chi connectivity index (χ0v) is 11.6. The van der Waals surface area contributed by atoms with Gasteiger partial charge in [-0.25, -0.2) is 0 Å². The summed E-state index contributed by atoms with van der Waals surface area (Å²) in [5.41, 5.74) is 7.13. The second-order valence-electron chi connectivity index (χ2n) is 5.79. The number of para-hydroxylation sites is 1. The van der Waals surface area contributed by atoms with Crippen LogP contribution in [0.3, 0.4) is 0 Å². The monoisotopic (exact) mass is 247 g/mol. The summed E-state index contributed by atoms with van der Waals surface area (Å²) in [6.45, 7) is 4.37. The van der Waals surface area contributed by atoms with Crippen LogP contribution in [0.4, 0.5) is 0 Å². The molecule has 1 saturated carbocycles. The van der Waals surface area contributed by atoms with E-state index in [0.29, 0.717) is 6.10 Å². The molecule has 1 atom stereocenters. The van der Waals surface area contributed by atoms with E-state index in [-0.39, 0.29) is 6.04 Å². The Kier molecular flexibility index (Phi) is 4.65. The van der Waals surface area contributed by atoms with Crippen molar-refractivity contribution in [2.45, 2.75) is 58.1 Å². The summed E-state index contributed by atoms with van der Waals surface area (Å²) in [5.74, 6) is 1.90. The number of rotatable bonds is 4. The van der Waals surface area contributed by atoms with Crippen LogP contribution in [-0.2, 0) is 6.42 Å². The molecule has 0 radical (unpaired) electrons. The maximum Gasteiger partial charge on any atom is 0.122 e. The lowest BCUT2D eigenvalue weighted by Crippen LogP contribution is -2.24. The maximum atomic E-state index is 6.18. The molecule has 1 aromatic rings. The number of ether oxygens (including phenoxy) is 1. The molecule has 100 valence electrons. The molecule has 0 aromatic heterocycles. The number of benzene rings is 1. The van der Waals surface area contributed by atoms with Crippen LogP contribution in [0, 0.1) is 5.92 Å². The van der Waals surface area contributed by atoms with E-state index in [4.69, 9.17) is 10.5 Å². The fourth-order valence-electron chi connectivity index (χ4n) is 2.66. The fourth-order valence-corrected chi connectivity index (χ4v) is 2.66. The van der Waals surface area contributed by atoms with Gasteiger partial charge in [0.1, 0.15) is 5.75 Å². The number of hydrogen-bond acceptors (Lipinski definition) is 2. The molecule has 1 aliphatic rings. The molecule has 0 aliphatic heterocycles. The van der Waals surface area contributed by atoms with E-state index >= 15 is 0 Å². The largest absolute Gasteiger partial charge is 0.490 e. The summed E-state index contributed by atoms with van der Waals surface area (Å²) in [5, 5.41) is 0. The summed E-state index contributed by atoms with van der Waals surface area (Å²) in [4.78, 5) is 0. The Labute approximate surface area is 111 Å². The van der Waals surface area contributed by atoms with E-state index in [1.165, 1.54) is 31.2 Å². The average molecular weight is 247 g/mol. The molecule has 0 spiro atoms. The Morgan fingerprint density at radius 1 is 1.22 bits per heavy atom. The second-order valence-corrected chi connectivity index (χ2v) is 5.79. The zero-order chi connectivity index (χ0) is 13.0. The molecule has 1 aromatic carbocycles. The molecule has 2 rings (SSSR count). The van der Waals surface area contributed by atoms with Gasteiger partial charge in [0.05, 0.1) is 6.10 Å². The van der Waals surface area contributed by atoms with Crippen molar-refractivity contribution in [3.8, 4) is 5.75 Å². The lowest BCUT2D eigenvalue weighted by Gasteiger charge is -2.27. The minimum absolute atomic E-state index is 0.182. The lowest BCUT2D eigenvalue weighted by atomic mass is 9.89. The van der Waals surface area contributed by atoms with Gasteiger partial charge in [-0.05, 0) is 56.6 Å². The highest BCUT2D eigenvalue weighted by Crippen LogP contribution is 2.29. The predicted octanol–water partition coefficient (Wildman–Crippen LogP) is 3.53. The second kappa shape index (κ2) is 6.24. The number of nitrogens with two attached hydrogens (primary N) is 1. The van der Waals surface area contributed by atoms with Gasteiger partial charge in [0, 0.05) is 6.04 Å². The average Bonchev–Trinajstić information content (AvgIpc) is 2.34. The van der Waals surface area contributed by atoms with Crippen molar-refractivity contribution in [1.29, 1.82) is 0 Å². The third-order valence-corrected chi connectivity index (χ3v) is 3.77. The Morgan fingerprint density at radius 2 is 1.89 bits per heavy atom. The summed E-state index contributed by atoms with van der Waals surface area (Å²) in [6.07, 6.45) is 6.25. The molecule has 1 unspecified atom stereocenters. The Bertz CT molecular complexity index is 367. The molecular weight excluding hydrogens is 222 g/mol. The van der Waals surface area contributed by atoms with E-state index < -0.39 is 0 Å². The number of hydrogen-bond donors (Lipinski definition) is 1. The summed E-state index contributed by atoms with van der Waals surface area (Å²) in [6, 6.07) is 8.50. The van der Waals surface area contributed by atoms with Gasteiger partial charge in [-0.1, -0.05) is 25.1 Å². The van der Waals surface area contributed by atoms with Crippen molar-refractivity contribution in [2.75, 3.05) is 0 Å². The van der Waals surface area contributed by atoms with Crippen LogP contribution in [0.1, 0.15) is 45.1 Å². The van der Waals surface area contributed by atoms with E-state index in [1.54, 1.807) is 0 Å². The van der Waals surface area contributed by atoms with Gasteiger partial charge in [0.2, 0.25) is 0 Å². The van der Waals surface area contributed by atoms with Gasteiger partial charge in [-0.15, -0.1) is 0 Å². The molecule has 0 saturated heterocycles. The first-order valence-corrected chi connectivity index (χ1v) is 7.15. The Balaban J connectivity index is 2.00. The summed E-state index contributed by atoms with van der Waals surface area (Å²) >= 11 is 0. The van der Waals surface area contributed by atoms with Gasteiger partial charge in [-0.3, -0.25) is 0 Å². The van der Waals surface area contributed by atoms with Gasteiger partial charge in [0.25, 0.3) is 0 Å². The van der Waals surface area contributed by atoms with E-state index in [9.17, 15) is 0 Å². The fraction of sp³-hybridized carbons (Fsp3) is 0.625. The normalized spacial score (nSPS) is 25.7. The first-order valence-electron chi connectivity index (χ1n) is 7.15. The van der Waals surface area contributed by atoms with Gasteiger partial charge in [0.15, 0.2) is 0 Å². The molecule has 0 bridgehead atoms. The molecule has 2 heteroatoms. The van der Waals surface area contributed by atoms with Crippen LogP contribution in [0.5, 0.6) is 5.75 Å². The highest BCUT2D eigenvalue weighted by molar-refractivity contribution is 5.34. The molecule has 18 heavy (non-hydrogen) atoms. The van der Waals surface area contributed by atoms with Crippen LogP contribution in [0.15, 0.2) is 24.3 Å². The quantitative estimate of drug-likeness (QED) is 0.883. The summed E-state index contributed by atoms with van der Waals surface area (Å²) in [7, 11) is 0. The lowest BCUT2D eigenvalue weighted by molar-refractivity contribution is 0.134. The van der Waals surface area contributed by atoms with Crippen molar-refractivity contribution in [2.24, 2.45) is 11.7 Å². The van der Waals surface area contributed by atoms with Crippen LogP contribution in [0.2, 0.25) is 0 Å². The van der Waals surface area contributed by atoms with Crippen molar-refractivity contribution >= 4 is 0 Å². The molecule has 2 N–H and O–H groups in total. The Morgan fingerprint density at radius 3 is 2.56 bits per heavy atom. The van der Waals surface area contributed by atoms with Crippen LogP contribution < -0.4 is 10.5 Å². The minimum atomic E-state index is 0.182. The van der Waals surface area contributed by atoms with E-state index in [0.717, 1.165) is 18.1 Å². The first-order chi connectivity index (χ1) is 8.65. The van der Waals surface area contributed by atoms with Crippen molar-refractivity contribution in [1.82, 2.24) is 0 Å². The zero-order valence-electron chi connectivity index (χ0n) is 11.6. The molecule has 1 fully saturated rings. The smallest absolute Gasteiger partial charge is 0.122 e. The van der Waals surface area contributed by atoms with Gasteiger partial charge >= 0.3 is 0 Å². The van der Waals surface area contributed by atoms with Crippen molar-refractivity contribution < 1.29 is 4.74 Å². The molecular formula is C16H25NO. The Hall–Kier alpha value is -1.02. The van der Waals surface area contributed by atoms with Gasteiger partial charge in [-0.2, -0.15) is 0 Å². The van der Waals surface area contributed by atoms with Crippen molar-refractivity contribution in [3.05, 3.63) is 29.8 Å². The third kappa shape index (κ3) is 3.74. The van der Waals surface area contributed by atoms with Crippen LogP contribution in [-0.4, -0.2) is 12.1 Å². The van der Waals surface area contributed by atoms with Gasteiger partial charge < -0.3 is 10.5 Å². The van der Waals surface area contributed by atoms with Crippen LogP contribution >= 0.6 is 0 Å². The minimum Gasteiger partial charge on any atom is -0.490 e. The highest BCUT2D eigenvalue weighted by Gasteiger charge is 2.20. The molecule has 2 nitrogen and oxygen atoms in total.